The molecular formula is C29H41O7P. The van der Waals surface area contributed by atoms with Gasteiger partial charge in [-0.2, -0.15) is 0 Å². The number of aliphatic hydroxyl groups is 3. The van der Waals surface area contributed by atoms with E-state index in [2.05, 4.69) is 16.4 Å². The molecule has 2 saturated carbocycles. The summed E-state index contributed by atoms with van der Waals surface area (Å²) >= 11 is 0. The molecule has 0 spiro atoms. The molecule has 7 nitrogen and oxygen atoms in total. The third-order valence-electron chi connectivity index (χ3n) is 10.7. The van der Waals surface area contributed by atoms with E-state index >= 15 is 0 Å². The molecule has 204 valence electrons. The first-order valence-corrected chi connectivity index (χ1v) is 13.7. The summed E-state index contributed by atoms with van der Waals surface area (Å²) in [7, 11) is 2.36. The fraction of sp³-hybridized carbons (Fsp3) is 0.690. The Labute approximate surface area is 221 Å². The monoisotopic (exact) mass is 532 g/mol. The van der Waals surface area contributed by atoms with Crippen molar-refractivity contribution in [3.05, 3.63) is 47.0 Å². The van der Waals surface area contributed by atoms with Crippen molar-refractivity contribution in [3.63, 3.8) is 0 Å². The molecule has 4 aliphatic rings. The van der Waals surface area contributed by atoms with Crippen molar-refractivity contribution in [1.82, 2.24) is 0 Å². The zero-order valence-electron chi connectivity index (χ0n) is 22.6. The predicted molar refractivity (Wildman–Crippen MR) is 141 cm³/mol. The number of fused-ring (bicyclic) bond motifs is 5. The number of ether oxygens (including phenoxy) is 2. The molecule has 3 aliphatic carbocycles. The Hall–Kier alpha value is -1.34. The Bertz CT molecular complexity index is 1100. The molecule has 0 amide bonds. The second-order valence-corrected chi connectivity index (χ2v) is 13.0. The number of esters is 1. The van der Waals surface area contributed by atoms with E-state index in [9.17, 15) is 20.1 Å². The molecular weight excluding hydrogens is 491 g/mol. The van der Waals surface area contributed by atoms with Crippen LogP contribution in [0.25, 0.3) is 0 Å². The first-order valence-electron chi connectivity index (χ1n) is 13.2. The molecule has 3 N–H and O–H groups in total. The van der Waals surface area contributed by atoms with Crippen LogP contribution >= 0.6 is 9.47 Å². The van der Waals surface area contributed by atoms with Gasteiger partial charge in [0.1, 0.15) is 6.10 Å². The minimum absolute atomic E-state index is 0.113. The number of benzene rings is 1. The summed E-state index contributed by atoms with van der Waals surface area (Å²) in [5.74, 6) is -1.33. The van der Waals surface area contributed by atoms with E-state index in [-0.39, 0.29) is 23.9 Å². The molecule has 3 fully saturated rings. The standard InChI is InChI=1S/C29H41O7P/c1-15-18(31)13-29(33)22(17-10-8-7-9-11-17)24-27(5)14-34-19(27)12-20(36-37)28(24,6)25(32)23(35-16(2)30)21(15)26(29,3)4/h7-11,18-20,22-25,31-33H,12-14,37H2,1-6H3/t18-,19+,20-,22-,23+,24?,25-,27+,28+,29+/m0/s1. The summed E-state index contributed by atoms with van der Waals surface area (Å²) in [5.41, 5.74) is -1.55. The van der Waals surface area contributed by atoms with Crippen LogP contribution in [0.1, 0.15) is 65.9 Å². The van der Waals surface area contributed by atoms with Crippen LogP contribution in [-0.4, -0.2) is 64.0 Å². The Balaban J connectivity index is 1.89. The zero-order valence-corrected chi connectivity index (χ0v) is 23.8. The van der Waals surface area contributed by atoms with Gasteiger partial charge in [0.25, 0.3) is 0 Å². The van der Waals surface area contributed by atoms with Gasteiger partial charge in [0.15, 0.2) is 6.10 Å². The van der Waals surface area contributed by atoms with E-state index in [1.807, 2.05) is 58.0 Å². The third kappa shape index (κ3) is 3.51. The minimum atomic E-state index is -1.43. The van der Waals surface area contributed by atoms with Crippen LogP contribution in [-0.2, 0) is 18.8 Å². The molecule has 1 saturated heterocycles. The van der Waals surface area contributed by atoms with Gasteiger partial charge in [0.2, 0.25) is 0 Å². The van der Waals surface area contributed by atoms with Gasteiger partial charge in [-0.25, -0.2) is 0 Å². The van der Waals surface area contributed by atoms with Gasteiger partial charge in [-0.3, -0.25) is 4.79 Å². The molecule has 11 atom stereocenters. The van der Waals surface area contributed by atoms with Crippen LogP contribution in [0, 0.1) is 22.2 Å². The van der Waals surface area contributed by atoms with Gasteiger partial charge in [-0.05, 0) is 29.6 Å². The van der Waals surface area contributed by atoms with Crippen LogP contribution in [0.4, 0.5) is 0 Å². The number of aliphatic hydroxyl groups excluding tert-OH is 2. The molecule has 8 heteroatoms. The lowest BCUT2D eigenvalue weighted by Crippen LogP contribution is -2.75. The second kappa shape index (κ2) is 8.84. The van der Waals surface area contributed by atoms with E-state index in [4.69, 9.17) is 14.0 Å². The summed E-state index contributed by atoms with van der Waals surface area (Å²) in [6.07, 6.45) is -3.03. The average Bonchev–Trinajstić information content (AvgIpc) is 2.83. The molecule has 1 aromatic rings. The van der Waals surface area contributed by atoms with Crippen molar-refractivity contribution in [2.24, 2.45) is 22.2 Å². The van der Waals surface area contributed by atoms with Crippen LogP contribution in [0.15, 0.2) is 41.5 Å². The lowest BCUT2D eigenvalue weighted by atomic mass is 9.39. The van der Waals surface area contributed by atoms with Crippen molar-refractivity contribution in [3.8, 4) is 0 Å². The Morgan fingerprint density at radius 1 is 1.14 bits per heavy atom. The zero-order chi connectivity index (χ0) is 27.1. The van der Waals surface area contributed by atoms with Gasteiger partial charge in [-0.15, -0.1) is 0 Å². The van der Waals surface area contributed by atoms with Crippen molar-refractivity contribution in [2.45, 2.75) is 96.4 Å². The van der Waals surface area contributed by atoms with Gasteiger partial charge >= 0.3 is 5.97 Å². The molecule has 5 rings (SSSR count). The van der Waals surface area contributed by atoms with E-state index in [1.54, 1.807) is 0 Å². The maximum Gasteiger partial charge on any atom is 0.303 e. The first kappa shape index (κ1) is 27.2. The van der Waals surface area contributed by atoms with E-state index in [0.29, 0.717) is 24.2 Å². The topological polar surface area (TPSA) is 105 Å². The van der Waals surface area contributed by atoms with Crippen molar-refractivity contribution in [2.75, 3.05) is 6.61 Å². The molecule has 2 unspecified atom stereocenters. The molecule has 2 bridgehead atoms. The van der Waals surface area contributed by atoms with Gasteiger partial charge < -0.3 is 29.3 Å². The maximum absolute atomic E-state index is 13.0. The third-order valence-corrected chi connectivity index (χ3v) is 11.0. The molecule has 0 aromatic heterocycles. The number of hydrogen-bond donors (Lipinski definition) is 3. The summed E-state index contributed by atoms with van der Waals surface area (Å²) in [6.45, 7) is 11.7. The summed E-state index contributed by atoms with van der Waals surface area (Å²) in [5, 5.41) is 36.8. The maximum atomic E-state index is 13.0. The van der Waals surface area contributed by atoms with E-state index < -0.39 is 52.7 Å². The lowest BCUT2D eigenvalue weighted by Gasteiger charge is -2.70. The van der Waals surface area contributed by atoms with Crippen molar-refractivity contribution < 1.29 is 34.1 Å². The number of carbonyl (C=O) groups is 1. The molecule has 37 heavy (non-hydrogen) atoms. The predicted octanol–water partition coefficient (Wildman–Crippen LogP) is 3.52. The second-order valence-electron chi connectivity index (χ2n) is 12.7. The van der Waals surface area contributed by atoms with Gasteiger partial charge in [0.05, 0.1) is 30.5 Å². The Morgan fingerprint density at radius 2 is 1.78 bits per heavy atom. The first-order chi connectivity index (χ1) is 17.2. The number of rotatable bonds is 3. The van der Waals surface area contributed by atoms with Crippen LogP contribution < -0.4 is 0 Å². The molecule has 1 aliphatic heterocycles. The highest BCUT2D eigenvalue weighted by Gasteiger charge is 2.74. The normalized spacial score (nSPS) is 46.6. The number of hydrogen-bond acceptors (Lipinski definition) is 7. The minimum Gasteiger partial charge on any atom is -0.455 e. The molecule has 1 heterocycles. The van der Waals surface area contributed by atoms with Crippen LogP contribution in [0.3, 0.4) is 0 Å². The highest BCUT2D eigenvalue weighted by Crippen LogP contribution is 2.70. The smallest absolute Gasteiger partial charge is 0.303 e. The van der Waals surface area contributed by atoms with E-state index in [1.165, 1.54) is 6.92 Å². The fourth-order valence-corrected chi connectivity index (χ4v) is 9.07. The summed E-state index contributed by atoms with van der Waals surface area (Å²) in [6, 6.07) is 9.92. The van der Waals surface area contributed by atoms with Gasteiger partial charge in [-0.1, -0.05) is 58.0 Å². The van der Waals surface area contributed by atoms with E-state index in [0.717, 1.165) is 5.56 Å². The van der Waals surface area contributed by atoms with Crippen LogP contribution in [0.2, 0.25) is 0 Å². The number of carbonyl (C=O) groups excluding carboxylic acids is 1. The quantitative estimate of drug-likeness (QED) is 0.311. The largest absolute Gasteiger partial charge is 0.455 e. The Morgan fingerprint density at radius 3 is 2.32 bits per heavy atom. The highest BCUT2D eigenvalue weighted by atomic mass is 31.0. The van der Waals surface area contributed by atoms with Crippen LogP contribution in [0.5, 0.6) is 0 Å². The molecule has 0 radical (unpaired) electrons. The van der Waals surface area contributed by atoms with Gasteiger partial charge in [0, 0.05) is 51.4 Å². The summed E-state index contributed by atoms with van der Waals surface area (Å²) < 4.78 is 18.0. The average molecular weight is 533 g/mol. The lowest BCUT2D eigenvalue weighted by molar-refractivity contribution is -0.316. The van der Waals surface area contributed by atoms with Crippen molar-refractivity contribution in [1.29, 1.82) is 0 Å². The highest BCUT2D eigenvalue weighted by molar-refractivity contribution is 7.09. The molecule has 1 aromatic carbocycles. The summed E-state index contributed by atoms with van der Waals surface area (Å²) in [4.78, 5) is 12.5. The Kier molecular flexibility index (Phi) is 6.51. The fourth-order valence-electron chi connectivity index (χ4n) is 8.66. The van der Waals surface area contributed by atoms with Crippen molar-refractivity contribution >= 4 is 15.4 Å². The SMILES string of the molecule is CC(=O)O[C@@H]1C2=C(C)[C@@H](O)C[C@@](O)([C@@H](c3ccccc3)C3[C@@](C)([C@@H](OP)C[C@H]4OC[C@@]34C)[C@H]1O)C2(C)C.